The van der Waals surface area contributed by atoms with Gasteiger partial charge in [-0.05, 0) is 157 Å². The Morgan fingerprint density at radius 3 is 1.54 bits per heavy atom. The molecule has 0 unspecified atom stereocenters. The lowest BCUT2D eigenvalue weighted by Crippen LogP contribution is -2.15. The molecule has 0 nitrogen and oxygen atoms in total. The quantitative estimate of drug-likeness (QED) is 0.142. The molecular formula is C71H66. The molecule has 0 saturated heterocycles. The van der Waals surface area contributed by atoms with Crippen molar-refractivity contribution in [1.29, 1.82) is 0 Å². The summed E-state index contributed by atoms with van der Waals surface area (Å²) in [7, 11) is 0. The molecule has 2 aliphatic rings. The van der Waals surface area contributed by atoms with Crippen molar-refractivity contribution in [2.24, 2.45) is 0 Å². The Labute approximate surface area is 423 Å². The van der Waals surface area contributed by atoms with Gasteiger partial charge in [-0.1, -0.05) is 263 Å². The predicted octanol–water partition coefficient (Wildman–Crippen LogP) is 20.0. The summed E-state index contributed by atoms with van der Waals surface area (Å²) in [5, 5.41) is 2.73. The largest absolute Gasteiger partial charge is 0.0651 e. The first-order valence-electron chi connectivity index (χ1n) is 25.9. The molecule has 0 heteroatoms. The van der Waals surface area contributed by atoms with Crippen molar-refractivity contribution >= 4 is 10.8 Å². The second kappa shape index (κ2) is 20.8. The zero-order valence-corrected chi connectivity index (χ0v) is 42.5. The van der Waals surface area contributed by atoms with Crippen molar-refractivity contribution in [2.75, 3.05) is 0 Å². The Morgan fingerprint density at radius 1 is 0.380 bits per heavy atom. The molecule has 0 amide bonds. The minimum atomic E-state index is 0.0709. The summed E-state index contributed by atoms with van der Waals surface area (Å²) in [5.41, 5.74) is 26.0. The van der Waals surface area contributed by atoms with Crippen LogP contribution < -0.4 is 0 Å². The van der Waals surface area contributed by atoms with E-state index in [1.807, 2.05) is 0 Å². The first kappa shape index (κ1) is 47.2. The molecule has 0 N–H and O–H groups in total. The van der Waals surface area contributed by atoms with Crippen LogP contribution >= 0.6 is 0 Å². The van der Waals surface area contributed by atoms with Crippen LogP contribution in [0.15, 0.2) is 224 Å². The second-order valence-corrected chi connectivity index (χ2v) is 20.4. The molecule has 0 heterocycles. The van der Waals surface area contributed by atoms with Gasteiger partial charge in [-0.3, -0.25) is 0 Å². The fourth-order valence-corrected chi connectivity index (χ4v) is 11.0. The van der Waals surface area contributed by atoms with Crippen LogP contribution in [0.5, 0.6) is 0 Å². The van der Waals surface area contributed by atoms with Gasteiger partial charge in [-0.25, -0.2) is 0 Å². The third kappa shape index (κ3) is 9.82. The van der Waals surface area contributed by atoms with Crippen LogP contribution in [0.4, 0.5) is 0 Å². The van der Waals surface area contributed by atoms with E-state index in [1.54, 1.807) is 5.56 Å². The lowest BCUT2D eigenvalue weighted by Gasteiger charge is -2.31. The first-order valence-corrected chi connectivity index (χ1v) is 25.9. The minimum Gasteiger partial charge on any atom is -0.0651 e. The third-order valence-corrected chi connectivity index (χ3v) is 15.2. The van der Waals surface area contributed by atoms with Crippen molar-refractivity contribution in [1.82, 2.24) is 0 Å². The Balaban J connectivity index is 0.000000123. The van der Waals surface area contributed by atoms with Crippen molar-refractivity contribution in [3.63, 3.8) is 0 Å². The Kier molecular flexibility index (Phi) is 13.8. The van der Waals surface area contributed by atoms with Crippen molar-refractivity contribution in [3.05, 3.63) is 263 Å². The molecule has 10 aromatic rings. The maximum atomic E-state index is 2.38. The molecule has 0 aliphatic heterocycles. The van der Waals surface area contributed by atoms with Crippen molar-refractivity contribution < 1.29 is 0 Å². The monoisotopic (exact) mass is 919 g/mol. The summed E-state index contributed by atoms with van der Waals surface area (Å²) in [5.74, 6) is 0.706. The molecule has 71 heavy (non-hydrogen) atoms. The lowest BCUT2D eigenvalue weighted by molar-refractivity contribution is 0.421. The molecule has 12 rings (SSSR count). The number of benzene rings is 10. The SMILES string of the molecule is CCCc1ccc(-c2ccc(-c3ccccc3)cc2)c2ccccc12.Cc1ccc(-c2cccc(-c3ccccc3C)c2C2CCC2)cc1.Cc1ccc2c(c1)C(C)(C)c1cc(-c3ccccc3)ccc1-2. The third-order valence-electron chi connectivity index (χ3n) is 15.2. The zero-order chi connectivity index (χ0) is 48.9. The van der Waals surface area contributed by atoms with E-state index < -0.39 is 0 Å². The zero-order valence-electron chi connectivity index (χ0n) is 42.5. The molecule has 0 aromatic heterocycles. The smallest absolute Gasteiger partial charge is 0.0159 e. The van der Waals surface area contributed by atoms with E-state index in [9.17, 15) is 0 Å². The van der Waals surface area contributed by atoms with E-state index >= 15 is 0 Å². The van der Waals surface area contributed by atoms with Gasteiger partial charge in [0.2, 0.25) is 0 Å². The molecule has 10 aromatic carbocycles. The number of fused-ring (bicyclic) bond motifs is 4. The summed E-state index contributed by atoms with van der Waals surface area (Å²) in [6.45, 7) is 13.5. The average Bonchev–Trinajstić information content (AvgIpc) is 3.61. The standard InChI is InChI=1S/C25H22.C24H24.C22H20/c1-2-8-21-17-18-24(25-12-7-6-11-23(21)25)22-15-13-20(14-16-22)19-9-4-3-5-10-19;1-17-13-15-19(16-14-17)22-11-6-12-23(24(22)20-8-5-9-20)21-10-4-3-7-18(21)2;1-15-9-11-18-19-12-10-17(16-7-5-4-6-8-16)14-21(19)22(2,3)20(18)13-15/h3-7,9-18H,2,8H2,1H3;3-4,6-7,10-16,20H,5,8-9H2,1-2H3;4-14H,1-3H3. The van der Waals surface area contributed by atoms with Crippen LogP contribution in [-0.4, -0.2) is 0 Å². The Morgan fingerprint density at radius 2 is 0.873 bits per heavy atom. The first-order chi connectivity index (χ1) is 34.7. The van der Waals surface area contributed by atoms with Gasteiger partial charge < -0.3 is 0 Å². The summed E-state index contributed by atoms with van der Waals surface area (Å²) in [6.07, 6.45) is 6.31. The number of aryl methyl sites for hydroxylation is 4. The van der Waals surface area contributed by atoms with Gasteiger partial charge in [-0.15, -0.1) is 0 Å². The molecule has 0 radical (unpaired) electrons. The maximum Gasteiger partial charge on any atom is 0.0159 e. The van der Waals surface area contributed by atoms with Gasteiger partial charge in [0, 0.05) is 5.41 Å². The van der Waals surface area contributed by atoms with Gasteiger partial charge in [0.25, 0.3) is 0 Å². The summed E-state index contributed by atoms with van der Waals surface area (Å²) in [4.78, 5) is 0. The fourth-order valence-electron chi connectivity index (χ4n) is 11.0. The van der Waals surface area contributed by atoms with Crippen molar-refractivity contribution in [3.8, 4) is 66.8 Å². The predicted molar refractivity (Wildman–Crippen MR) is 306 cm³/mol. The van der Waals surface area contributed by atoms with E-state index in [0.717, 1.165) is 6.42 Å². The highest BCUT2D eigenvalue weighted by atomic mass is 14.4. The van der Waals surface area contributed by atoms with Gasteiger partial charge in [0.05, 0.1) is 0 Å². The number of hydrogen-bond acceptors (Lipinski definition) is 0. The van der Waals surface area contributed by atoms with E-state index in [2.05, 4.69) is 266 Å². The van der Waals surface area contributed by atoms with Gasteiger partial charge in [0.1, 0.15) is 0 Å². The van der Waals surface area contributed by atoms with Crippen LogP contribution in [0, 0.1) is 20.8 Å². The summed E-state index contributed by atoms with van der Waals surface area (Å²) in [6, 6.07) is 81.8. The van der Waals surface area contributed by atoms with Gasteiger partial charge in [-0.2, -0.15) is 0 Å². The number of rotatable bonds is 8. The average molecular weight is 919 g/mol. The Hall–Kier alpha value is -7.54. The maximum absolute atomic E-state index is 2.38. The highest BCUT2D eigenvalue weighted by Crippen LogP contribution is 2.50. The molecule has 2 aliphatic carbocycles. The fraction of sp³-hybridized carbons (Fsp3) is 0.183. The topological polar surface area (TPSA) is 0 Å². The van der Waals surface area contributed by atoms with Crippen LogP contribution in [-0.2, 0) is 11.8 Å². The van der Waals surface area contributed by atoms with Gasteiger partial charge in [0.15, 0.2) is 0 Å². The molecule has 0 spiro atoms. The summed E-state index contributed by atoms with van der Waals surface area (Å²) >= 11 is 0. The van der Waals surface area contributed by atoms with Crippen LogP contribution in [0.1, 0.15) is 91.3 Å². The molecule has 1 fully saturated rings. The van der Waals surface area contributed by atoms with E-state index in [1.165, 1.54) is 137 Å². The van der Waals surface area contributed by atoms with Crippen LogP contribution in [0.2, 0.25) is 0 Å². The molecule has 0 atom stereocenters. The van der Waals surface area contributed by atoms with E-state index in [-0.39, 0.29) is 5.41 Å². The van der Waals surface area contributed by atoms with Crippen LogP contribution in [0.25, 0.3) is 77.5 Å². The van der Waals surface area contributed by atoms with E-state index in [0.29, 0.717) is 5.92 Å². The second-order valence-electron chi connectivity index (χ2n) is 20.4. The number of hydrogen-bond donors (Lipinski definition) is 0. The minimum absolute atomic E-state index is 0.0709. The highest BCUT2D eigenvalue weighted by molar-refractivity contribution is 5.99. The molecule has 1 saturated carbocycles. The normalized spacial score (nSPS) is 13.2. The molecule has 350 valence electrons. The van der Waals surface area contributed by atoms with Gasteiger partial charge >= 0.3 is 0 Å². The Bertz CT molecular complexity index is 3420. The van der Waals surface area contributed by atoms with E-state index in [4.69, 9.17) is 0 Å². The van der Waals surface area contributed by atoms with Crippen molar-refractivity contribution in [2.45, 2.75) is 85.0 Å². The molecular weight excluding hydrogens is 853 g/mol. The molecule has 0 bridgehead atoms. The summed E-state index contributed by atoms with van der Waals surface area (Å²) < 4.78 is 0. The van der Waals surface area contributed by atoms with Crippen LogP contribution in [0.3, 0.4) is 0 Å². The highest BCUT2D eigenvalue weighted by Gasteiger charge is 2.35. The lowest BCUT2D eigenvalue weighted by atomic mass is 9.74.